The molecular weight excluding hydrogens is 485 g/mol. The number of halogens is 1. The number of fused-ring (bicyclic) bond motifs is 3. The third-order valence-corrected chi connectivity index (χ3v) is 9.83. The number of hydrogen-bond acceptors (Lipinski definition) is 8. The van der Waals surface area contributed by atoms with Crippen molar-refractivity contribution in [3.63, 3.8) is 0 Å². The Morgan fingerprint density at radius 3 is 2.62 bits per heavy atom. The molecule has 5 rings (SSSR count). The molecule has 2 aromatic rings. The van der Waals surface area contributed by atoms with Crippen LogP contribution in [0, 0.1) is 16.7 Å². The monoisotopic (exact) mass is 515 g/mol. The number of ether oxygens (including phenoxy) is 1. The number of aliphatic hydroxyl groups excluding tert-OH is 2. The highest BCUT2D eigenvalue weighted by atomic mass is 35.5. The molecule has 0 spiro atoms. The molecule has 1 saturated heterocycles. The summed E-state index contributed by atoms with van der Waals surface area (Å²) in [6, 6.07) is 0.202. The molecule has 11 nitrogen and oxygen atoms in total. The predicted molar refractivity (Wildman–Crippen MR) is 124 cm³/mol. The van der Waals surface area contributed by atoms with Crippen molar-refractivity contribution in [3.05, 3.63) is 11.6 Å². The van der Waals surface area contributed by atoms with E-state index in [2.05, 4.69) is 41.0 Å². The van der Waals surface area contributed by atoms with Crippen molar-refractivity contribution in [1.82, 2.24) is 19.5 Å². The third-order valence-electron chi connectivity index (χ3n) is 8.82. The molecule has 2 aliphatic carbocycles. The number of anilines is 1. The SMILES string of the molecule is CC1(C)C2CC[C@@]1(C)C(Nc1nc(Cl)nc3c1ncn3C1OC(CCP(=O)(O)O)C(O)C1O)C2. The van der Waals surface area contributed by atoms with Gasteiger partial charge in [0.1, 0.15) is 12.2 Å². The van der Waals surface area contributed by atoms with E-state index in [1.54, 1.807) is 0 Å². The molecule has 0 aromatic carbocycles. The van der Waals surface area contributed by atoms with E-state index in [1.807, 2.05) is 0 Å². The van der Waals surface area contributed by atoms with Gasteiger partial charge >= 0.3 is 7.60 Å². The molecule has 3 heterocycles. The minimum absolute atomic E-state index is 0.00963. The van der Waals surface area contributed by atoms with Gasteiger partial charge in [-0.05, 0) is 54.0 Å². The van der Waals surface area contributed by atoms with Gasteiger partial charge in [-0.25, -0.2) is 4.98 Å². The lowest BCUT2D eigenvalue weighted by molar-refractivity contribution is -0.0355. The highest BCUT2D eigenvalue weighted by molar-refractivity contribution is 7.51. The largest absolute Gasteiger partial charge is 0.388 e. The van der Waals surface area contributed by atoms with Gasteiger partial charge in [-0.15, -0.1) is 0 Å². The van der Waals surface area contributed by atoms with Gasteiger partial charge in [-0.3, -0.25) is 9.13 Å². The van der Waals surface area contributed by atoms with Crippen molar-refractivity contribution < 1.29 is 29.3 Å². The molecule has 6 unspecified atom stereocenters. The number of imidazole rings is 1. The lowest BCUT2D eigenvalue weighted by Gasteiger charge is -2.39. The summed E-state index contributed by atoms with van der Waals surface area (Å²) in [5.41, 5.74) is 1.12. The minimum atomic E-state index is -4.27. The quantitative estimate of drug-likeness (QED) is 0.285. The maximum absolute atomic E-state index is 11.2. The van der Waals surface area contributed by atoms with Crippen LogP contribution in [0.3, 0.4) is 0 Å². The second-order valence-electron chi connectivity index (χ2n) is 10.7. The van der Waals surface area contributed by atoms with Crippen molar-refractivity contribution in [1.29, 1.82) is 0 Å². The zero-order valence-electron chi connectivity index (χ0n) is 19.3. The minimum Gasteiger partial charge on any atom is -0.388 e. The van der Waals surface area contributed by atoms with Crippen LogP contribution < -0.4 is 5.32 Å². The highest BCUT2D eigenvalue weighted by Crippen LogP contribution is 2.66. The van der Waals surface area contributed by atoms with Gasteiger partial charge in [-0.2, -0.15) is 9.97 Å². The van der Waals surface area contributed by atoms with Crippen LogP contribution in [-0.2, 0) is 9.30 Å². The Labute approximate surface area is 202 Å². The molecule has 7 atom stereocenters. The molecule has 5 N–H and O–H groups in total. The average Bonchev–Trinajstić information content (AvgIpc) is 3.39. The van der Waals surface area contributed by atoms with E-state index in [0.29, 0.717) is 22.9 Å². The topological polar surface area (TPSA) is 163 Å². The molecule has 3 fully saturated rings. The number of rotatable bonds is 6. The molecule has 188 valence electrons. The Kier molecular flexibility index (Phi) is 5.80. The first-order valence-corrected chi connectivity index (χ1v) is 13.7. The molecule has 0 amide bonds. The number of aromatic nitrogens is 4. The Bertz CT molecular complexity index is 1160. The standard InChI is InChI=1S/C21H31ClN5O6P/c1-20(2)10-4-6-21(20,3)12(8-10)24-16-13-17(26-19(22)25-16)27(9-23-13)18-15(29)14(28)11(33-18)5-7-34(30,31)32/h9-12,14-15,18,28-29H,4-8H2,1-3H3,(H,24,25,26)(H2,30,31,32)/t10?,11?,12?,14?,15?,18?,21-/m0/s1. The van der Waals surface area contributed by atoms with Crippen LogP contribution in [0.5, 0.6) is 0 Å². The molecule has 2 aromatic heterocycles. The summed E-state index contributed by atoms with van der Waals surface area (Å²) in [6.07, 6.45) is -0.382. The van der Waals surface area contributed by atoms with Crippen LogP contribution in [0.2, 0.25) is 5.28 Å². The Hall–Kier alpha value is -1.33. The van der Waals surface area contributed by atoms with Crippen LogP contribution in [0.15, 0.2) is 6.33 Å². The summed E-state index contributed by atoms with van der Waals surface area (Å²) in [7, 11) is -4.27. The Morgan fingerprint density at radius 1 is 1.26 bits per heavy atom. The fraction of sp³-hybridized carbons (Fsp3) is 0.762. The van der Waals surface area contributed by atoms with Gasteiger partial charge in [0.2, 0.25) is 5.28 Å². The van der Waals surface area contributed by atoms with Gasteiger partial charge in [-0.1, -0.05) is 20.8 Å². The molecule has 3 aliphatic rings. The number of nitrogens with zero attached hydrogens (tertiary/aromatic N) is 4. The van der Waals surface area contributed by atoms with Gasteiger partial charge in [0, 0.05) is 6.04 Å². The molecule has 1 aliphatic heterocycles. The van der Waals surface area contributed by atoms with Gasteiger partial charge < -0.3 is 30.1 Å². The van der Waals surface area contributed by atoms with E-state index in [9.17, 15) is 14.8 Å². The molecule has 13 heteroatoms. The first-order chi connectivity index (χ1) is 15.8. The fourth-order valence-electron chi connectivity index (χ4n) is 6.26. The van der Waals surface area contributed by atoms with Crippen molar-refractivity contribution in [3.8, 4) is 0 Å². The third kappa shape index (κ3) is 3.77. The predicted octanol–water partition coefficient (Wildman–Crippen LogP) is 2.29. The second kappa shape index (κ2) is 8.09. The molecule has 2 bridgehead atoms. The fourth-order valence-corrected chi connectivity index (χ4v) is 7.01. The van der Waals surface area contributed by atoms with Crippen molar-refractivity contribution >= 4 is 36.2 Å². The van der Waals surface area contributed by atoms with Crippen LogP contribution in [-0.4, -0.2) is 70.0 Å². The normalized spacial score (nSPS) is 37.1. The number of aliphatic hydroxyl groups is 2. The number of nitrogens with one attached hydrogen (secondary N) is 1. The first-order valence-electron chi connectivity index (χ1n) is 11.5. The van der Waals surface area contributed by atoms with Gasteiger partial charge in [0.05, 0.1) is 18.6 Å². The maximum atomic E-state index is 11.2. The lowest BCUT2D eigenvalue weighted by atomic mass is 9.69. The van der Waals surface area contributed by atoms with E-state index in [4.69, 9.17) is 26.1 Å². The highest BCUT2D eigenvalue weighted by Gasteiger charge is 2.61. The van der Waals surface area contributed by atoms with Crippen molar-refractivity contribution in [2.24, 2.45) is 16.7 Å². The maximum Gasteiger partial charge on any atom is 0.325 e. The van der Waals surface area contributed by atoms with Crippen LogP contribution in [0.25, 0.3) is 11.2 Å². The Balaban J connectivity index is 1.43. The van der Waals surface area contributed by atoms with Gasteiger partial charge in [0.15, 0.2) is 23.2 Å². The van der Waals surface area contributed by atoms with Crippen LogP contribution >= 0.6 is 19.2 Å². The van der Waals surface area contributed by atoms with E-state index in [0.717, 1.165) is 12.8 Å². The summed E-state index contributed by atoms with van der Waals surface area (Å²) < 4.78 is 18.5. The van der Waals surface area contributed by atoms with Crippen molar-refractivity contribution in [2.45, 2.75) is 77.0 Å². The zero-order valence-corrected chi connectivity index (χ0v) is 20.9. The summed E-state index contributed by atoms with van der Waals surface area (Å²) >= 11 is 6.27. The van der Waals surface area contributed by atoms with E-state index in [1.165, 1.54) is 17.3 Å². The van der Waals surface area contributed by atoms with Gasteiger partial charge in [0.25, 0.3) is 0 Å². The van der Waals surface area contributed by atoms with E-state index in [-0.39, 0.29) is 28.6 Å². The molecule has 2 saturated carbocycles. The summed E-state index contributed by atoms with van der Waals surface area (Å²) in [4.78, 5) is 31.4. The van der Waals surface area contributed by atoms with Crippen LogP contribution in [0.1, 0.15) is 52.7 Å². The number of hydrogen-bond donors (Lipinski definition) is 5. The summed E-state index contributed by atoms with van der Waals surface area (Å²) in [5.74, 6) is 1.14. The smallest absolute Gasteiger partial charge is 0.325 e. The average molecular weight is 516 g/mol. The zero-order chi connectivity index (χ0) is 24.6. The lowest BCUT2D eigenvalue weighted by Crippen LogP contribution is -2.40. The second-order valence-corrected chi connectivity index (χ2v) is 12.8. The van der Waals surface area contributed by atoms with E-state index < -0.39 is 38.3 Å². The van der Waals surface area contributed by atoms with E-state index >= 15 is 0 Å². The summed E-state index contributed by atoms with van der Waals surface area (Å²) in [5, 5.41) is 24.6. The molecular formula is C21H31ClN5O6P. The van der Waals surface area contributed by atoms with Crippen molar-refractivity contribution in [2.75, 3.05) is 11.5 Å². The summed E-state index contributed by atoms with van der Waals surface area (Å²) in [6.45, 7) is 6.98. The molecule has 0 radical (unpaired) electrons. The first kappa shape index (κ1) is 24.4. The molecule has 34 heavy (non-hydrogen) atoms. The Morgan fingerprint density at radius 2 is 2.00 bits per heavy atom. The van der Waals surface area contributed by atoms with Crippen LogP contribution in [0.4, 0.5) is 5.82 Å².